The van der Waals surface area contributed by atoms with Gasteiger partial charge in [-0.05, 0) is 69.6 Å². The first kappa shape index (κ1) is 19.4. The fourth-order valence-corrected chi connectivity index (χ4v) is 7.48. The molecule has 4 nitrogen and oxygen atoms in total. The summed E-state index contributed by atoms with van der Waals surface area (Å²) in [6, 6.07) is 9.51. The number of carbonyl (C=O) groups excluding carboxylic acids is 2. The summed E-state index contributed by atoms with van der Waals surface area (Å²) in [5.41, 5.74) is 0.267. The molecule has 1 saturated heterocycles. The molecule has 2 unspecified atom stereocenters. The average Bonchev–Trinajstić information content (AvgIpc) is 2.71. The van der Waals surface area contributed by atoms with Crippen LogP contribution in [-0.2, 0) is 14.3 Å². The lowest BCUT2D eigenvalue weighted by molar-refractivity contribution is -0.181. The molecule has 5 aliphatic rings. The SMILES string of the molecule is O=C([C@@H](OC(=O)C12C[C@@H]3C[C@@H](CC(Cl)(C3)C1)C2)c1ccccc1)N1CCCCC1. The number of carbonyl (C=O) groups is 2. The molecule has 29 heavy (non-hydrogen) atoms. The van der Waals surface area contributed by atoms with Gasteiger partial charge in [-0.25, -0.2) is 0 Å². The van der Waals surface area contributed by atoms with Crippen LogP contribution in [0.15, 0.2) is 30.3 Å². The molecule has 156 valence electrons. The highest BCUT2D eigenvalue weighted by Gasteiger charge is 2.61. The van der Waals surface area contributed by atoms with Crippen molar-refractivity contribution in [3.8, 4) is 0 Å². The van der Waals surface area contributed by atoms with Crippen LogP contribution in [0.2, 0.25) is 0 Å². The Morgan fingerprint density at radius 2 is 1.66 bits per heavy atom. The number of likely N-dealkylation sites (tertiary alicyclic amines) is 1. The molecular weight excluding hydrogens is 386 g/mol. The van der Waals surface area contributed by atoms with Crippen LogP contribution in [0.3, 0.4) is 0 Å². The highest BCUT2D eigenvalue weighted by atomic mass is 35.5. The van der Waals surface area contributed by atoms with Crippen molar-refractivity contribution in [3.63, 3.8) is 0 Å². The standard InChI is InChI=1S/C24H30ClNO3/c25-24-14-17-11-18(15-24)13-23(12-17,16-24)22(28)29-20(19-7-3-1-4-8-19)21(27)26-9-5-2-6-10-26/h1,3-4,7-8,17-18,20H,2,5-6,9-16H2/t17-,18+,20-,23?,24?/m0/s1. The van der Waals surface area contributed by atoms with E-state index in [9.17, 15) is 9.59 Å². The second kappa shape index (κ2) is 7.30. The van der Waals surface area contributed by atoms with Crippen LogP contribution in [0.25, 0.3) is 0 Å². The molecule has 1 aromatic rings. The molecule has 5 atom stereocenters. The van der Waals surface area contributed by atoms with Gasteiger partial charge >= 0.3 is 5.97 Å². The normalized spacial score (nSPS) is 36.7. The van der Waals surface area contributed by atoms with Crippen LogP contribution in [0.4, 0.5) is 0 Å². The third-order valence-corrected chi connectivity index (χ3v) is 8.08. The molecule has 0 radical (unpaired) electrons. The quantitative estimate of drug-likeness (QED) is 0.521. The third-order valence-electron chi connectivity index (χ3n) is 7.64. The van der Waals surface area contributed by atoms with Crippen molar-refractivity contribution in [2.24, 2.45) is 17.3 Å². The Bertz CT molecular complexity index is 775. The van der Waals surface area contributed by atoms with E-state index >= 15 is 0 Å². The summed E-state index contributed by atoms with van der Waals surface area (Å²) in [5, 5.41) is 0. The number of hydrogen-bond donors (Lipinski definition) is 0. The second-order valence-corrected chi connectivity index (χ2v) is 10.8. The minimum absolute atomic E-state index is 0.0745. The van der Waals surface area contributed by atoms with E-state index < -0.39 is 11.5 Å². The molecule has 0 N–H and O–H groups in total. The first-order valence-electron chi connectivity index (χ1n) is 11.2. The van der Waals surface area contributed by atoms with Gasteiger partial charge in [0.2, 0.25) is 6.10 Å². The van der Waals surface area contributed by atoms with E-state index in [1.54, 1.807) is 0 Å². The number of nitrogens with zero attached hydrogens (tertiary/aromatic N) is 1. The number of ether oxygens (including phenoxy) is 1. The Morgan fingerprint density at radius 3 is 2.28 bits per heavy atom. The summed E-state index contributed by atoms with van der Waals surface area (Å²) in [6.45, 7) is 1.50. The number of amides is 1. The van der Waals surface area contributed by atoms with Crippen molar-refractivity contribution in [1.82, 2.24) is 4.90 Å². The minimum Gasteiger partial charge on any atom is -0.447 e. The molecule has 1 amide bonds. The van der Waals surface area contributed by atoms with Crippen molar-refractivity contribution in [2.45, 2.75) is 68.8 Å². The molecular formula is C24H30ClNO3. The predicted molar refractivity (Wildman–Crippen MR) is 111 cm³/mol. The Balaban J connectivity index is 1.40. The lowest BCUT2D eigenvalue weighted by atomic mass is 9.49. The molecule has 5 fully saturated rings. The number of rotatable bonds is 4. The molecule has 4 bridgehead atoms. The van der Waals surface area contributed by atoms with Crippen LogP contribution in [0.1, 0.15) is 69.5 Å². The first-order valence-corrected chi connectivity index (χ1v) is 11.6. The van der Waals surface area contributed by atoms with Crippen LogP contribution in [0, 0.1) is 17.3 Å². The summed E-state index contributed by atoms with van der Waals surface area (Å²) >= 11 is 6.92. The van der Waals surface area contributed by atoms with Gasteiger partial charge in [-0.3, -0.25) is 9.59 Å². The van der Waals surface area contributed by atoms with Crippen molar-refractivity contribution in [1.29, 1.82) is 0 Å². The largest absolute Gasteiger partial charge is 0.447 e. The number of alkyl halides is 1. The maximum absolute atomic E-state index is 13.6. The molecule has 4 aliphatic carbocycles. The van der Waals surface area contributed by atoms with Gasteiger partial charge in [-0.2, -0.15) is 0 Å². The van der Waals surface area contributed by atoms with Crippen molar-refractivity contribution >= 4 is 23.5 Å². The Labute approximate surface area is 177 Å². The number of piperidine rings is 1. The fraction of sp³-hybridized carbons (Fsp3) is 0.667. The number of esters is 1. The highest BCUT2D eigenvalue weighted by molar-refractivity contribution is 6.24. The van der Waals surface area contributed by atoms with E-state index in [1.807, 2.05) is 35.2 Å². The highest BCUT2D eigenvalue weighted by Crippen LogP contribution is 2.64. The zero-order chi connectivity index (χ0) is 20.1. The van der Waals surface area contributed by atoms with E-state index in [4.69, 9.17) is 16.3 Å². The fourth-order valence-electron chi connectivity index (χ4n) is 6.79. The van der Waals surface area contributed by atoms with E-state index in [0.717, 1.165) is 63.6 Å². The molecule has 0 aromatic heterocycles. The molecule has 5 heteroatoms. The minimum atomic E-state index is -0.846. The number of hydrogen-bond acceptors (Lipinski definition) is 3. The second-order valence-electron chi connectivity index (χ2n) is 9.97. The van der Waals surface area contributed by atoms with Crippen molar-refractivity contribution < 1.29 is 14.3 Å². The number of halogens is 1. The molecule has 1 aliphatic heterocycles. The third kappa shape index (κ3) is 3.58. The zero-order valence-electron chi connectivity index (χ0n) is 16.9. The van der Waals surface area contributed by atoms with Crippen molar-refractivity contribution in [2.75, 3.05) is 13.1 Å². The van der Waals surface area contributed by atoms with Crippen LogP contribution in [-0.4, -0.2) is 34.7 Å². The smallest absolute Gasteiger partial charge is 0.313 e. The van der Waals surface area contributed by atoms with Gasteiger partial charge in [0, 0.05) is 23.5 Å². The Hall–Kier alpha value is -1.55. The molecule has 1 heterocycles. The molecule has 4 saturated carbocycles. The summed E-state index contributed by atoms with van der Waals surface area (Å²) in [6.07, 6.45) is 8.03. The van der Waals surface area contributed by atoms with E-state index in [2.05, 4.69) is 0 Å². The predicted octanol–water partition coefficient (Wildman–Crippen LogP) is 4.86. The van der Waals surface area contributed by atoms with Crippen molar-refractivity contribution in [3.05, 3.63) is 35.9 Å². The zero-order valence-corrected chi connectivity index (χ0v) is 17.7. The van der Waals surface area contributed by atoms with Crippen LogP contribution < -0.4 is 0 Å². The van der Waals surface area contributed by atoms with Gasteiger partial charge in [0.15, 0.2) is 0 Å². The van der Waals surface area contributed by atoms with E-state index in [0.29, 0.717) is 18.3 Å². The van der Waals surface area contributed by atoms with Gasteiger partial charge in [-0.1, -0.05) is 30.3 Å². The monoisotopic (exact) mass is 415 g/mol. The Kier molecular flexibility index (Phi) is 4.89. The summed E-state index contributed by atoms with van der Waals surface area (Å²) in [5.74, 6) is 0.772. The van der Waals surface area contributed by atoms with Gasteiger partial charge in [0.25, 0.3) is 5.91 Å². The van der Waals surface area contributed by atoms with Crippen LogP contribution >= 0.6 is 11.6 Å². The topological polar surface area (TPSA) is 46.6 Å². The summed E-state index contributed by atoms with van der Waals surface area (Å²) < 4.78 is 6.09. The molecule has 0 spiro atoms. The molecule has 6 rings (SSSR count). The van der Waals surface area contributed by atoms with Gasteiger partial charge < -0.3 is 9.64 Å². The van der Waals surface area contributed by atoms with Gasteiger partial charge in [0.05, 0.1) is 5.41 Å². The lowest BCUT2D eigenvalue weighted by Gasteiger charge is -2.58. The first-order chi connectivity index (χ1) is 14.0. The van der Waals surface area contributed by atoms with E-state index in [1.165, 1.54) is 6.42 Å². The maximum Gasteiger partial charge on any atom is 0.313 e. The van der Waals surface area contributed by atoms with Gasteiger partial charge in [-0.15, -0.1) is 11.6 Å². The average molecular weight is 416 g/mol. The summed E-state index contributed by atoms with van der Waals surface area (Å²) in [7, 11) is 0. The molecule has 1 aromatic carbocycles. The lowest BCUT2D eigenvalue weighted by Crippen LogP contribution is -2.56. The number of benzene rings is 1. The Morgan fingerprint density at radius 1 is 1.00 bits per heavy atom. The maximum atomic E-state index is 13.6. The summed E-state index contributed by atoms with van der Waals surface area (Å²) in [4.78, 5) is 28.5. The van der Waals surface area contributed by atoms with Crippen LogP contribution in [0.5, 0.6) is 0 Å². The van der Waals surface area contributed by atoms with Gasteiger partial charge in [0.1, 0.15) is 0 Å². The van der Waals surface area contributed by atoms with E-state index in [-0.39, 0.29) is 16.8 Å².